The molecule has 0 unspecified atom stereocenters. The van der Waals surface area contributed by atoms with Crippen molar-refractivity contribution in [1.82, 2.24) is 4.90 Å². The van der Waals surface area contributed by atoms with Gasteiger partial charge >= 0.3 is 11.9 Å². The molecule has 7 heteroatoms. The summed E-state index contributed by atoms with van der Waals surface area (Å²) < 4.78 is 15.5. The molecule has 0 aromatic rings. The van der Waals surface area contributed by atoms with Gasteiger partial charge in [-0.2, -0.15) is 0 Å². The molecule has 0 N–H and O–H groups in total. The number of ether oxygens (including phenoxy) is 3. The Bertz CT molecular complexity index is 404. The molecule has 2 rings (SSSR count). The van der Waals surface area contributed by atoms with Crippen LogP contribution in [0.5, 0.6) is 0 Å². The fourth-order valence-electron chi connectivity index (χ4n) is 1.98. The van der Waals surface area contributed by atoms with Gasteiger partial charge < -0.3 is 19.1 Å². The summed E-state index contributed by atoms with van der Waals surface area (Å²) in [5.41, 5.74) is -0.0197. The predicted octanol–water partition coefficient (Wildman–Crippen LogP) is 0.729. The number of morpholine rings is 1. The second-order valence-corrected chi connectivity index (χ2v) is 5.46. The smallest absolute Gasteiger partial charge is 0.351 e. The van der Waals surface area contributed by atoms with E-state index in [1.54, 1.807) is 0 Å². The Balaban J connectivity index is 2.31. The zero-order valence-electron chi connectivity index (χ0n) is 11.2. The van der Waals surface area contributed by atoms with Gasteiger partial charge in [0.1, 0.15) is 0 Å². The van der Waals surface area contributed by atoms with Crippen LogP contribution in [0.2, 0.25) is 0 Å². The molecule has 0 aromatic carbocycles. The third-order valence-electron chi connectivity index (χ3n) is 2.79. The Hall–Kier alpha value is -1.21. The van der Waals surface area contributed by atoms with Crippen LogP contribution < -0.4 is 0 Å². The van der Waals surface area contributed by atoms with Crippen LogP contribution in [0, 0.1) is 0 Å². The van der Waals surface area contributed by atoms with Crippen molar-refractivity contribution in [3.05, 3.63) is 10.6 Å². The molecule has 0 aromatic heterocycles. The topological polar surface area (TPSA) is 65.1 Å². The summed E-state index contributed by atoms with van der Waals surface area (Å²) in [5, 5.41) is 0.591. The number of carbonyl (C=O) groups is 2. The summed E-state index contributed by atoms with van der Waals surface area (Å²) in [6.07, 6.45) is 1.82. The van der Waals surface area contributed by atoms with Crippen molar-refractivity contribution < 1.29 is 23.8 Å². The van der Waals surface area contributed by atoms with Crippen molar-refractivity contribution in [2.75, 3.05) is 32.6 Å². The van der Waals surface area contributed by atoms with E-state index in [1.807, 2.05) is 11.2 Å². The molecule has 6 nitrogen and oxygen atoms in total. The summed E-state index contributed by atoms with van der Waals surface area (Å²) in [7, 11) is 0. The number of rotatable bonds is 2. The Morgan fingerprint density at radius 1 is 1.16 bits per heavy atom. The quantitative estimate of drug-likeness (QED) is 0.421. The highest BCUT2D eigenvalue weighted by atomic mass is 32.2. The van der Waals surface area contributed by atoms with Gasteiger partial charge in [-0.05, 0) is 6.26 Å². The molecular formula is C12H17NO5S. The Labute approximate surface area is 116 Å². The monoisotopic (exact) mass is 287 g/mol. The number of hydrogen-bond donors (Lipinski definition) is 0. The maximum Gasteiger partial charge on any atom is 0.351 e. The van der Waals surface area contributed by atoms with Gasteiger partial charge in [0.2, 0.25) is 0 Å². The lowest BCUT2D eigenvalue weighted by Gasteiger charge is -2.34. The van der Waals surface area contributed by atoms with Crippen molar-refractivity contribution in [1.29, 1.82) is 0 Å². The maximum absolute atomic E-state index is 12.0. The Morgan fingerprint density at radius 2 is 1.68 bits per heavy atom. The number of nitrogens with zero attached hydrogens (tertiary/aromatic N) is 1. The zero-order chi connectivity index (χ0) is 14.0. The van der Waals surface area contributed by atoms with E-state index in [9.17, 15) is 9.59 Å². The fourth-order valence-corrected chi connectivity index (χ4v) is 2.79. The number of cyclic esters (lactones) is 2. The van der Waals surface area contributed by atoms with E-state index < -0.39 is 17.7 Å². The van der Waals surface area contributed by atoms with Crippen LogP contribution in [-0.2, 0) is 23.8 Å². The molecule has 0 atom stereocenters. The molecule has 2 aliphatic rings. The first-order valence-electron chi connectivity index (χ1n) is 6.02. The van der Waals surface area contributed by atoms with Gasteiger partial charge in [0.25, 0.3) is 5.79 Å². The minimum absolute atomic E-state index is 0.0197. The molecule has 0 amide bonds. The van der Waals surface area contributed by atoms with Gasteiger partial charge in [0.15, 0.2) is 5.57 Å². The van der Waals surface area contributed by atoms with Crippen molar-refractivity contribution in [2.24, 2.45) is 0 Å². The summed E-state index contributed by atoms with van der Waals surface area (Å²) in [6.45, 7) is 5.51. The summed E-state index contributed by atoms with van der Waals surface area (Å²) in [4.78, 5) is 26.0. The lowest BCUT2D eigenvalue weighted by atomic mass is 10.2. The number of hydrogen-bond acceptors (Lipinski definition) is 7. The number of thioether (sulfide) groups is 1. The highest BCUT2D eigenvalue weighted by molar-refractivity contribution is 8.02. The summed E-state index contributed by atoms with van der Waals surface area (Å²) in [6, 6.07) is 0. The molecule has 0 spiro atoms. The molecule has 2 heterocycles. The highest BCUT2D eigenvalue weighted by Gasteiger charge is 2.41. The van der Waals surface area contributed by atoms with Crippen LogP contribution in [-0.4, -0.2) is 55.2 Å². The predicted molar refractivity (Wildman–Crippen MR) is 69.2 cm³/mol. The molecule has 2 aliphatic heterocycles. The standard InChI is InChI=1S/C12H17NO5S/c1-12(2)17-10(14)8(11(15)18-12)9(19-3)13-4-6-16-7-5-13/h4-7H2,1-3H3. The molecule has 0 aliphatic carbocycles. The van der Waals surface area contributed by atoms with Gasteiger partial charge in [-0.25, -0.2) is 9.59 Å². The van der Waals surface area contributed by atoms with Crippen molar-refractivity contribution in [2.45, 2.75) is 19.6 Å². The van der Waals surface area contributed by atoms with E-state index in [-0.39, 0.29) is 5.57 Å². The first-order valence-corrected chi connectivity index (χ1v) is 7.25. The first-order chi connectivity index (χ1) is 8.94. The highest BCUT2D eigenvalue weighted by Crippen LogP contribution is 2.30. The number of carbonyl (C=O) groups excluding carboxylic acids is 2. The van der Waals surface area contributed by atoms with E-state index >= 15 is 0 Å². The van der Waals surface area contributed by atoms with Gasteiger partial charge in [-0.15, -0.1) is 11.8 Å². The SMILES string of the molecule is CSC(=C1C(=O)OC(C)(C)OC1=O)N1CCOCC1. The van der Waals surface area contributed by atoms with E-state index in [1.165, 1.54) is 25.6 Å². The molecule has 2 fully saturated rings. The Kier molecular flexibility index (Phi) is 4.05. The van der Waals surface area contributed by atoms with Crippen LogP contribution >= 0.6 is 11.8 Å². The average Bonchev–Trinajstić information content (AvgIpc) is 2.33. The lowest BCUT2D eigenvalue weighted by Crippen LogP contribution is -2.44. The molecule has 106 valence electrons. The van der Waals surface area contributed by atoms with Crippen LogP contribution in [0.4, 0.5) is 0 Å². The van der Waals surface area contributed by atoms with Crippen molar-refractivity contribution in [3.63, 3.8) is 0 Å². The van der Waals surface area contributed by atoms with Gasteiger partial charge in [0, 0.05) is 26.9 Å². The molecule has 0 radical (unpaired) electrons. The minimum Gasteiger partial charge on any atom is -0.419 e. The van der Waals surface area contributed by atoms with E-state index in [0.717, 1.165) is 0 Å². The second-order valence-electron chi connectivity index (χ2n) is 4.66. The average molecular weight is 287 g/mol. The van der Waals surface area contributed by atoms with E-state index in [4.69, 9.17) is 14.2 Å². The third-order valence-corrected chi connectivity index (χ3v) is 3.64. The first kappa shape index (κ1) is 14.2. The normalized spacial score (nSPS) is 22.9. The van der Waals surface area contributed by atoms with E-state index in [0.29, 0.717) is 31.3 Å². The number of esters is 2. The molecule has 19 heavy (non-hydrogen) atoms. The van der Waals surface area contributed by atoms with Crippen LogP contribution in [0.25, 0.3) is 0 Å². The molecule has 2 saturated heterocycles. The summed E-state index contributed by atoms with van der Waals surface area (Å²) >= 11 is 1.34. The second kappa shape index (κ2) is 5.42. The largest absolute Gasteiger partial charge is 0.419 e. The van der Waals surface area contributed by atoms with Crippen LogP contribution in [0.15, 0.2) is 10.6 Å². The van der Waals surface area contributed by atoms with Crippen molar-refractivity contribution in [3.8, 4) is 0 Å². The Morgan fingerprint density at radius 3 is 2.16 bits per heavy atom. The third kappa shape index (κ3) is 3.03. The summed E-state index contributed by atoms with van der Waals surface area (Å²) in [5.74, 6) is -2.46. The fraction of sp³-hybridized carbons (Fsp3) is 0.667. The van der Waals surface area contributed by atoms with E-state index in [2.05, 4.69) is 0 Å². The van der Waals surface area contributed by atoms with Gasteiger partial charge in [-0.1, -0.05) is 0 Å². The van der Waals surface area contributed by atoms with Gasteiger partial charge in [-0.3, -0.25) is 0 Å². The zero-order valence-corrected chi connectivity index (χ0v) is 12.0. The molecule has 0 saturated carbocycles. The van der Waals surface area contributed by atoms with Crippen LogP contribution in [0.1, 0.15) is 13.8 Å². The molecular weight excluding hydrogens is 270 g/mol. The lowest BCUT2D eigenvalue weighted by molar-refractivity contribution is -0.222. The minimum atomic E-state index is -1.20. The molecule has 0 bridgehead atoms. The van der Waals surface area contributed by atoms with Gasteiger partial charge in [0.05, 0.1) is 18.2 Å². The van der Waals surface area contributed by atoms with Crippen LogP contribution in [0.3, 0.4) is 0 Å². The maximum atomic E-state index is 12.0. The van der Waals surface area contributed by atoms with Crippen molar-refractivity contribution >= 4 is 23.7 Å².